The number of carboxylic acid groups (broad SMARTS) is 1. The number of carboxylic acids is 1. The minimum absolute atomic E-state index is 0.00834. The van der Waals surface area contributed by atoms with Gasteiger partial charge in [-0.2, -0.15) is 0 Å². The molecule has 4 rings (SSSR count). The van der Waals surface area contributed by atoms with E-state index in [-0.39, 0.29) is 29.4 Å². The van der Waals surface area contributed by atoms with Crippen LogP contribution in [0.5, 0.6) is 0 Å². The first-order valence-corrected chi connectivity index (χ1v) is 10.6. The Morgan fingerprint density at radius 2 is 2.07 bits per heavy atom. The Morgan fingerprint density at radius 1 is 1.33 bits per heavy atom. The molecule has 2 N–H and O–H groups in total. The number of fused-ring (bicyclic) bond motifs is 5. The van der Waals surface area contributed by atoms with Crippen molar-refractivity contribution in [3.8, 4) is 0 Å². The van der Waals surface area contributed by atoms with E-state index in [0.29, 0.717) is 30.6 Å². The van der Waals surface area contributed by atoms with Gasteiger partial charge in [0.15, 0.2) is 5.78 Å². The van der Waals surface area contributed by atoms with Gasteiger partial charge in [0.05, 0.1) is 11.0 Å². The number of carbonyl (C=O) groups excluding carboxylic acids is 1. The van der Waals surface area contributed by atoms with Gasteiger partial charge < -0.3 is 10.2 Å². The molecule has 0 aromatic carbocycles. The van der Waals surface area contributed by atoms with Crippen LogP contribution in [-0.2, 0) is 9.59 Å². The van der Waals surface area contributed by atoms with Gasteiger partial charge >= 0.3 is 5.97 Å². The van der Waals surface area contributed by atoms with Crippen LogP contribution < -0.4 is 0 Å². The zero-order chi connectivity index (χ0) is 19.6. The van der Waals surface area contributed by atoms with Crippen molar-refractivity contribution in [2.45, 2.75) is 69.8 Å². The van der Waals surface area contributed by atoms with Crippen LogP contribution >= 0.6 is 11.6 Å². The number of allylic oxidation sites excluding steroid dienone is 3. The first-order valence-electron chi connectivity index (χ1n) is 10.1. The molecule has 4 nitrogen and oxygen atoms in total. The Hall–Kier alpha value is -1.13. The average Bonchev–Trinajstić information content (AvgIpc) is 2.87. The van der Waals surface area contributed by atoms with E-state index in [4.69, 9.17) is 16.7 Å². The Balaban J connectivity index is 1.71. The summed E-state index contributed by atoms with van der Waals surface area (Å²) >= 11 is 6.79. The lowest BCUT2D eigenvalue weighted by molar-refractivity contribution is -0.140. The van der Waals surface area contributed by atoms with E-state index >= 15 is 0 Å². The molecule has 0 radical (unpaired) electrons. The van der Waals surface area contributed by atoms with Crippen LogP contribution in [0.15, 0.2) is 23.8 Å². The lowest BCUT2D eigenvalue weighted by atomic mass is 9.48. The maximum Gasteiger partial charge on any atom is 0.303 e. The van der Waals surface area contributed by atoms with Gasteiger partial charge in [0.25, 0.3) is 0 Å². The molecular formula is C22H29ClO4. The van der Waals surface area contributed by atoms with Gasteiger partial charge in [0.1, 0.15) is 0 Å². The van der Waals surface area contributed by atoms with Crippen LogP contribution in [0.3, 0.4) is 0 Å². The van der Waals surface area contributed by atoms with Gasteiger partial charge in [-0.25, -0.2) is 0 Å². The smallest absolute Gasteiger partial charge is 0.303 e. The van der Waals surface area contributed by atoms with Crippen molar-refractivity contribution in [3.05, 3.63) is 23.8 Å². The third-order valence-electron chi connectivity index (χ3n) is 8.44. The summed E-state index contributed by atoms with van der Waals surface area (Å²) in [5.41, 5.74) is -0.390. The lowest BCUT2D eigenvalue weighted by Gasteiger charge is -2.57. The quantitative estimate of drug-likeness (QED) is 0.560. The summed E-state index contributed by atoms with van der Waals surface area (Å²) in [5.74, 6) is 0.299. The standard InChI is InChI=1S/C22H29ClO4/c1-20-7-3-13(24)11-17(20)18(23)12-14-15(20)4-8-21(2)16(14)5-9-22(21,27)10-6-19(25)26/h4,8,11,14-16,18,27H,3,5-7,9-10,12H2,1-2H3,(H,25,26)/t14-,15+,16+,18?,20-,21+,22+/m1/s1. The van der Waals surface area contributed by atoms with E-state index < -0.39 is 17.0 Å². The molecule has 0 aromatic heterocycles. The summed E-state index contributed by atoms with van der Waals surface area (Å²) in [5, 5.41) is 20.3. The predicted octanol–water partition coefficient (Wildman–Crippen LogP) is 4.11. The van der Waals surface area contributed by atoms with Crippen molar-refractivity contribution in [1.29, 1.82) is 0 Å². The van der Waals surface area contributed by atoms with Gasteiger partial charge in [-0.15, -0.1) is 11.6 Å². The van der Waals surface area contributed by atoms with Crippen LogP contribution in [0.2, 0.25) is 0 Å². The Morgan fingerprint density at radius 3 is 2.78 bits per heavy atom. The highest BCUT2D eigenvalue weighted by molar-refractivity contribution is 6.23. The Labute approximate surface area is 165 Å². The molecule has 148 valence electrons. The second kappa shape index (κ2) is 6.18. The number of alkyl halides is 1. The molecule has 2 fully saturated rings. The highest BCUT2D eigenvalue weighted by Gasteiger charge is 2.62. The Kier molecular flexibility index (Phi) is 4.40. The molecule has 4 aliphatic rings. The van der Waals surface area contributed by atoms with Crippen molar-refractivity contribution in [2.75, 3.05) is 0 Å². The average molecular weight is 393 g/mol. The minimum atomic E-state index is -0.973. The van der Waals surface area contributed by atoms with Gasteiger partial charge in [0.2, 0.25) is 0 Å². The molecule has 0 heterocycles. The number of hydrogen-bond acceptors (Lipinski definition) is 3. The van der Waals surface area contributed by atoms with E-state index in [2.05, 4.69) is 26.0 Å². The molecule has 0 aromatic rings. The van der Waals surface area contributed by atoms with E-state index in [1.807, 2.05) is 0 Å². The first-order chi connectivity index (χ1) is 12.6. The zero-order valence-corrected chi connectivity index (χ0v) is 16.8. The molecule has 1 unspecified atom stereocenters. The zero-order valence-electron chi connectivity index (χ0n) is 16.1. The summed E-state index contributed by atoms with van der Waals surface area (Å²) in [6, 6.07) is 0. The molecule has 0 bridgehead atoms. The summed E-state index contributed by atoms with van der Waals surface area (Å²) in [4.78, 5) is 23.1. The number of ketones is 1. The summed E-state index contributed by atoms with van der Waals surface area (Å²) in [6.45, 7) is 4.34. The van der Waals surface area contributed by atoms with Gasteiger partial charge in [-0.3, -0.25) is 9.59 Å². The summed E-state index contributed by atoms with van der Waals surface area (Å²) < 4.78 is 0. The molecule has 0 aliphatic heterocycles. The second-order valence-corrected chi connectivity index (χ2v) is 10.1. The van der Waals surface area contributed by atoms with Gasteiger partial charge in [-0.1, -0.05) is 26.0 Å². The number of halogens is 1. The van der Waals surface area contributed by atoms with Crippen LogP contribution in [0.4, 0.5) is 0 Å². The normalized spacial score (nSPS) is 48.4. The molecule has 7 atom stereocenters. The molecule has 4 aliphatic carbocycles. The Bertz CT molecular complexity index is 743. The largest absolute Gasteiger partial charge is 0.481 e. The van der Waals surface area contributed by atoms with E-state index in [1.54, 1.807) is 6.08 Å². The second-order valence-electron chi connectivity index (χ2n) is 9.59. The predicted molar refractivity (Wildman–Crippen MR) is 103 cm³/mol. The fourth-order valence-electron chi connectivity index (χ4n) is 6.76. The molecule has 27 heavy (non-hydrogen) atoms. The fraction of sp³-hybridized carbons (Fsp3) is 0.727. The number of carbonyl (C=O) groups is 2. The minimum Gasteiger partial charge on any atom is -0.481 e. The molecular weight excluding hydrogens is 364 g/mol. The molecule has 5 heteroatoms. The van der Waals surface area contributed by atoms with Crippen LogP contribution in [0.25, 0.3) is 0 Å². The van der Waals surface area contributed by atoms with Crippen molar-refractivity contribution >= 4 is 23.4 Å². The number of hydrogen-bond donors (Lipinski definition) is 2. The van der Waals surface area contributed by atoms with Crippen molar-refractivity contribution in [3.63, 3.8) is 0 Å². The number of rotatable bonds is 3. The first kappa shape index (κ1) is 19.2. The lowest BCUT2D eigenvalue weighted by Crippen LogP contribution is -2.54. The van der Waals surface area contributed by atoms with Crippen molar-refractivity contribution < 1.29 is 19.8 Å². The molecule has 0 amide bonds. The maximum atomic E-state index is 12.0. The monoisotopic (exact) mass is 392 g/mol. The fourth-order valence-corrected chi connectivity index (χ4v) is 7.28. The molecule has 0 spiro atoms. The van der Waals surface area contributed by atoms with Crippen LogP contribution in [-0.4, -0.2) is 32.9 Å². The third kappa shape index (κ3) is 2.66. The van der Waals surface area contributed by atoms with E-state index in [1.165, 1.54) is 0 Å². The van der Waals surface area contributed by atoms with Crippen LogP contribution in [0.1, 0.15) is 58.8 Å². The topological polar surface area (TPSA) is 74.6 Å². The van der Waals surface area contributed by atoms with Crippen molar-refractivity contribution in [2.24, 2.45) is 28.6 Å². The molecule has 0 saturated heterocycles. The highest BCUT2D eigenvalue weighted by atomic mass is 35.5. The number of aliphatic carboxylic acids is 1. The van der Waals surface area contributed by atoms with Gasteiger partial charge in [-0.05, 0) is 66.9 Å². The van der Waals surface area contributed by atoms with Crippen LogP contribution in [0, 0.1) is 28.6 Å². The summed E-state index contributed by atoms with van der Waals surface area (Å²) in [7, 11) is 0. The summed E-state index contributed by atoms with van der Waals surface area (Å²) in [6.07, 6.45) is 10.3. The van der Waals surface area contributed by atoms with Gasteiger partial charge in [0, 0.05) is 18.3 Å². The van der Waals surface area contributed by atoms with E-state index in [0.717, 1.165) is 24.8 Å². The SMILES string of the molecule is C[C@]12CCC(=O)C=C1C(Cl)C[C@@H]1[C@@H]2C=C[C@@]2(C)[C@H]1CC[C@]2(O)CCC(=O)O. The maximum absolute atomic E-state index is 12.0. The van der Waals surface area contributed by atoms with Crippen molar-refractivity contribution in [1.82, 2.24) is 0 Å². The van der Waals surface area contributed by atoms with E-state index in [9.17, 15) is 14.7 Å². The number of aliphatic hydroxyl groups is 1. The highest BCUT2D eigenvalue weighted by Crippen LogP contribution is 2.66. The molecule has 2 saturated carbocycles. The third-order valence-corrected chi connectivity index (χ3v) is 8.85.